The molecule has 0 amide bonds. The number of carboxylic acid groups (broad SMARTS) is 1. The normalized spacial score (nSPS) is 19.5. The summed E-state index contributed by atoms with van der Waals surface area (Å²) in [6.07, 6.45) is 4.52. The standard InChI is InChI=1S/C28H34N4O4S/c1-27(2,3)37(35)31-25-23-8-7-19(15-20(23)17-28(25)10-13-29-14-11-28)18-36-22-6-4-5-21(16-22)32-24(26(33)34)9-12-30-32/h4-9,12,15-16,25,29,31H,10-11,13-14,17-18H2,1-3H3,(H,33,34)/t25-,37?/m1/s1. The van der Waals surface area contributed by atoms with Crippen LogP contribution >= 0.6 is 0 Å². The molecule has 2 aromatic carbocycles. The smallest absolute Gasteiger partial charge is 0.354 e. The van der Waals surface area contributed by atoms with E-state index >= 15 is 0 Å². The first-order chi connectivity index (χ1) is 17.7. The van der Waals surface area contributed by atoms with Crippen LogP contribution in [0.2, 0.25) is 0 Å². The predicted molar refractivity (Wildman–Crippen MR) is 143 cm³/mol. The number of ether oxygens (including phenoxy) is 1. The number of benzene rings is 2. The number of fused-ring (bicyclic) bond motifs is 1. The Morgan fingerprint density at radius 3 is 2.76 bits per heavy atom. The van der Waals surface area contributed by atoms with Gasteiger partial charge in [0.05, 0.1) is 17.9 Å². The second kappa shape index (κ2) is 10.1. The maximum absolute atomic E-state index is 13.1. The van der Waals surface area contributed by atoms with Gasteiger partial charge in [-0.05, 0) is 88.0 Å². The molecule has 0 radical (unpaired) electrons. The Hall–Kier alpha value is -2.85. The van der Waals surface area contributed by atoms with E-state index < -0.39 is 17.3 Å². The molecule has 1 spiro atoms. The Morgan fingerprint density at radius 2 is 2.03 bits per heavy atom. The van der Waals surface area contributed by atoms with Gasteiger partial charge in [0.25, 0.3) is 0 Å². The van der Waals surface area contributed by atoms with Gasteiger partial charge in [-0.15, -0.1) is 4.72 Å². The minimum absolute atomic E-state index is 0.0634. The topological polar surface area (TPSA) is 111 Å². The van der Waals surface area contributed by atoms with Gasteiger partial charge in [0.1, 0.15) is 17.1 Å². The summed E-state index contributed by atoms with van der Waals surface area (Å²) in [6.45, 7) is 8.35. The van der Waals surface area contributed by atoms with Gasteiger partial charge in [0.15, 0.2) is 5.69 Å². The summed E-state index contributed by atoms with van der Waals surface area (Å²) < 4.78 is 23.7. The minimum Gasteiger partial charge on any atom is -0.598 e. The zero-order valence-electron chi connectivity index (χ0n) is 21.5. The molecular formula is C28H34N4O4S. The van der Waals surface area contributed by atoms with Crippen molar-refractivity contribution >= 4 is 17.3 Å². The molecule has 196 valence electrons. The maximum Gasteiger partial charge on any atom is 0.354 e. The van der Waals surface area contributed by atoms with E-state index in [0.29, 0.717) is 18.0 Å². The van der Waals surface area contributed by atoms with E-state index in [0.717, 1.165) is 37.9 Å². The number of carboxylic acids is 1. The van der Waals surface area contributed by atoms with Gasteiger partial charge >= 0.3 is 5.97 Å². The van der Waals surface area contributed by atoms with Crippen LogP contribution in [-0.4, -0.2) is 43.2 Å². The van der Waals surface area contributed by atoms with Gasteiger partial charge < -0.3 is 19.7 Å². The molecule has 3 N–H and O–H groups in total. The number of hydrogen-bond acceptors (Lipinski definition) is 6. The molecular weight excluding hydrogens is 488 g/mol. The summed E-state index contributed by atoms with van der Waals surface area (Å²) in [4.78, 5) is 11.5. The van der Waals surface area contributed by atoms with Crippen LogP contribution in [-0.2, 0) is 24.4 Å². The summed E-state index contributed by atoms with van der Waals surface area (Å²) >= 11 is -1.15. The van der Waals surface area contributed by atoms with Crippen molar-refractivity contribution in [2.45, 2.75) is 57.4 Å². The van der Waals surface area contributed by atoms with Crippen LogP contribution in [0.3, 0.4) is 0 Å². The number of rotatable bonds is 7. The largest absolute Gasteiger partial charge is 0.598 e. The number of piperidine rings is 1. The molecule has 1 aliphatic carbocycles. The Bertz CT molecular complexity index is 1280. The molecule has 9 heteroatoms. The molecule has 1 aliphatic heterocycles. The van der Waals surface area contributed by atoms with Crippen molar-refractivity contribution in [1.29, 1.82) is 0 Å². The van der Waals surface area contributed by atoms with Crippen LogP contribution in [0, 0.1) is 5.41 Å². The number of nitrogens with zero attached hydrogens (tertiary/aromatic N) is 2. The van der Waals surface area contributed by atoms with E-state index in [9.17, 15) is 14.5 Å². The van der Waals surface area contributed by atoms with Gasteiger partial charge in [-0.3, -0.25) is 0 Å². The second-order valence-corrected chi connectivity index (χ2v) is 13.0. The quantitative estimate of drug-likeness (QED) is 0.400. The summed E-state index contributed by atoms with van der Waals surface area (Å²) in [5, 5.41) is 17.0. The highest BCUT2D eigenvalue weighted by atomic mass is 32.2. The van der Waals surface area contributed by atoms with Gasteiger partial charge in [-0.1, -0.05) is 24.3 Å². The van der Waals surface area contributed by atoms with Crippen molar-refractivity contribution in [1.82, 2.24) is 19.8 Å². The zero-order valence-corrected chi connectivity index (χ0v) is 22.3. The molecule has 0 bridgehead atoms. The van der Waals surface area contributed by atoms with E-state index in [1.54, 1.807) is 12.1 Å². The van der Waals surface area contributed by atoms with E-state index in [1.807, 2.05) is 32.9 Å². The number of nitrogens with one attached hydrogen (secondary N) is 2. The molecule has 2 heterocycles. The first kappa shape index (κ1) is 25.8. The Balaban J connectivity index is 1.34. The van der Waals surface area contributed by atoms with Crippen molar-refractivity contribution in [3.8, 4) is 11.4 Å². The monoisotopic (exact) mass is 522 g/mol. The molecule has 2 atom stereocenters. The third kappa shape index (κ3) is 5.27. The van der Waals surface area contributed by atoms with Gasteiger partial charge in [0, 0.05) is 22.8 Å². The molecule has 2 aliphatic rings. The molecule has 37 heavy (non-hydrogen) atoms. The van der Waals surface area contributed by atoms with Crippen molar-refractivity contribution < 1.29 is 19.2 Å². The Labute approximate surface area is 220 Å². The van der Waals surface area contributed by atoms with Gasteiger partial charge in [-0.2, -0.15) is 5.10 Å². The van der Waals surface area contributed by atoms with Gasteiger partial charge in [-0.25, -0.2) is 9.48 Å². The highest BCUT2D eigenvalue weighted by Crippen LogP contribution is 2.52. The van der Waals surface area contributed by atoms with Crippen molar-refractivity contribution in [3.05, 3.63) is 77.1 Å². The lowest BCUT2D eigenvalue weighted by Crippen LogP contribution is -2.48. The second-order valence-electron chi connectivity index (χ2n) is 11.0. The van der Waals surface area contributed by atoms with Crippen LogP contribution in [0.1, 0.15) is 66.8 Å². The third-order valence-corrected chi connectivity index (χ3v) is 8.95. The van der Waals surface area contributed by atoms with Crippen LogP contribution in [0.15, 0.2) is 54.7 Å². The molecule has 0 saturated carbocycles. The molecule has 8 nitrogen and oxygen atoms in total. The summed E-state index contributed by atoms with van der Waals surface area (Å²) in [6, 6.07) is 15.3. The van der Waals surface area contributed by atoms with Crippen LogP contribution in [0.25, 0.3) is 5.69 Å². The van der Waals surface area contributed by atoms with Gasteiger partial charge in [0.2, 0.25) is 0 Å². The van der Waals surface area contributed by atoms with Crippen LogP contribution < -0.4 is 14.8 Å². The highest BCUT2D eigenvalue weighted by molar-refractivity contribution is 7.90. The van der Waals surface area contributed by atoms with E-state index in [4.69, 9.17) is 4.74 Å². The van der Waals surface area contributed by atoms with Crippen LogP contribution in [0.4, 0.5) is 0 Å². The lowest BCUT2D eigenvalue weighted by atomic mass is 9.73. The Morgan fingerprint density at radius 1 is 1.24 bits per heavy atom. The summed E-state index contributed by atoms with van der Waals surface area (Å²) in [5.74, 6) is -0.396. The van der Waals surface area contributed by atoms with E-state index in [1.165, 1.54) is 28.1 Å². The van der Waals surface area contributed by atoms with Crippen molar-refractivity contribution in [2.75, 3.05) is 13.1 Å². The summed E-state index contributed by atoms with van der Waals surface area (Å²) in [5.41, 5.74) is 4.39. The SMILES string of the molecule is CC(C)(C)[S+]([O-])N[C@@H]1c2ccc(COc3cccc(-n4nccc4C(=O)O)c3)cc2CC12CCNCC2. The lowest BCUT2D eigenvalue weighted by molar-refractivity contribution is 0.0687. The fraction of sp³-hybridized carbons (Fsp3) is 0.429. The first-order valence-corrected chi connectivity index (χ1v) is 13.8. The molecule has 1 aromatic heterocycles. The average Bonchev–Trinajstić information content (AvgIpc) is 3.47. The predicted octanol–water partition coefficient (Wildman–Crippen LogP) is 4.17. The highest BCUT2D eigenvalue weighted by Gasteiger charge is 2.49. The fourth-order valence-corrected chi connectivity index (χ4v) is 6.34. The summed E-state index contributed by atoms with van der Waals surface area (Å²) in [7, 11) is 0. The van der Waals surface area contributed by atoms with Crippen LogP contribution in [0.5, 0.6) is 5.75 Å². The molecule has 5 rings (SSSR count). The average molecular weight is 523 g/mol. The molecule has 1 fully saturated rings. The number of hydrogen-bond donors (Lipinski definition) is 3. The van der Waals surface area contributed by atoms with E-state index in [2.05, 4.69) is 33.3 Å². The minimum atomic E-state index is -1.15. The number of carbonyl (C=O) groups is 1. The molecule has 1 saturated heterocycles. The Kier molecular flexibility index (Phi) is 7.06. The first-order valence-electron chi connectivity index (χ1n) is 12.7. The zero-order chi connectivity index (χ0) is 26.2. The number of aromatic carboxylic acids is 1. The number of aromatic nitrogens is 2. The molecule has 3 aromatic rings. The van der Waals surface area contributed by atoms with Crippen molar-refractivity contribution in [2.24, 2.45) is 5.41 Å². The maximum atomic E-state index is 13.1. The lowest BCUT2D eigenvalue weighted by Gasteiger charge is -2.40. The third-order valence-electron chi connectivity index (χ3n) is 7.38. The van der Waals surface area contributed by atoms with E-state index in [-0.39, 0.29) is 21.9 Å². The fourth-order valence-electron chi connectivity index (χ4n) is 5.40. The van der Waals surface area contributed by atoms with Crippen molar-refractivity contribution in [3.63, 3.8) is 0 Å². The molecule has 1 unspecified atom stereocenters.